The van der Waals surface area contributed by atoms with Crippen molar-refractivity contribution in [2.24, 2.45) is 7.05 Å². The van der Waals surface area contributed by atoms with Gasteiger partial charge in [0.2, 0.25) is 0 Å². The van der Waals surface area contributed by atoms with Crippen LogP contribution in [-0.2, 0) is 27.8 Å². The number of rotatable bonds is 6. The third-order valence-electron chi connectivity index (χ3n) is 4.14. The Morgan fingerprint density at radius 3 is 2.55 bits per heavy atom. The van der Waals surface area contributed by atoms with E-state index in [2.05, 4.69) is 10.3 Å². The van der Waals surface area contributed by atoms with E-state index in [0.29, 0.717) is 22.8 Å². The number of hydrogen-bond acceptors (Lipinski definition) is 5. The summed E-state index contributed by atoms with van der Waals surface area (Å²) in [5, 5.41) is 2.71. The summed E-state index contributed by atoms with van der Waals surface area (Å²) in [7, 11) is 1.56. The third kappa shape index (κ3) is 5.01. The molecule has 0 spiro atoms. The molecule has 0 fully saturated rings. The second-order valence-electron chi connectivity index (χ2n) is 6.28. The van der Waals surface area contributed by atoms with E-state index < -0.39 is 30.1 Å². The molecule has 7 nitrogen and oxygen atoms in total. The van der Waals surface area contributed by atoms with Crippen molar-refractivity contribution in [2.45, 2.75) is 12.8 Å². The number of carbonyl (C=O) groups is 2. The number of fused-ring (bicyclic) bond motifs is 1. The Labute approximate surface area is 163 Å². The van der Waals surface area contributed by atoms with Gasteiger partial charge in [0.25, 0.3) is 11.5 Å². The van der Waals surface area contributed by atoms with Crippen LogP contribution in [0.2, 0.25) is 0 Å². The molecule has 0 aliphatic rings. The van der Waals surface area contributed by atoms with E-state index in [1.165, 1.54) is 4.57 Å². The molecule has 2 aromatic carbocycles. The highest BCUT2D eigenvalue weighted by atomic mass is 19.1. The Morgan fingerprint density at radius 2 is 1.83 bits per heavy atom. The molecular formula is C20H17F2N3O4. The van der Waals surface area contributed by atoms with Gasteiger partial charge in [0.05, 0.1) is 17.3 Å². The van der Waals surface area contributed by atoms with Gasteiger partial charge in [-0.3, -0.25) is 19.0 Å². The molecule has 1 heterocycles. The van der Waals surface area contributed by atoms with Crippen molar-refractivity contribution in [1.29, 1.82) is 0 Å². The van der Waals surface area contributed by atoms with Crippen molar-refractivity contribution in [3.8, 4) is 0 Å². The lowest BCUT2D eigenvalue weighted by molar-refractivity contribution is -0.147. The SMILES string of the molecule is Cn1c(CCC(=O)OCC(=O)Nc2cc(F)cc(F)c2)nc2ccccc2c1=O. The van der Waals surface area contributed by atoms with Crippen LogP contribution in [0.5, 0.6) is 0 Å². The summed E-state index contributed by atoms with van der Waals surface area (Å²) >= 11 is 0. The third-order valence-corrected chi connectivity index (χ3v) is 4.14. The second kappa shape index (κ2) is 8.59. The van der Waals surface area contributed by atoms with Crippen LogP contribution in [0.3, 0.4) is 0 Å². The van der Waals surface area contributed by atoms with Crippen LogP contribution in [0, 0.1) is 11.6 Å². The van der Waals surface area contributed by atoms with Gasteiger partial charge in [0, 0.05) is 25.2 Å². The predicted octanol–water partition coefficient (Wildman–Crippen LogP) is 2.33. The largest absolute Gasteiger partial charge is 0.456 e. The number of aryl methyl sites for hydroxylation is 1. The molecule has 3 rings (SSSR count). The molecule has 9 heteroatoms. The highest BCUT2D eigenvalue weighted by Crippen LogP contribution is 2.13. The van der Waals surface area contributed by atoms with Crippen LogP contribution >= 0.6 is 0 Å². The summed E-state index contributed by atoms with van der Waals surface area (Å²) in [4.78, 5) is 40.4. The van der Waals surface area contributed by atoms with E-state index in [4.69, 9.17) is 4.74 Å². The fraction of sp³-hybridized carbons (Fsp3) is 0.200. The smallest absolute Gasteiger partial charge is 0.306 e. The Kier molecular flexibility index (Phi) is 5.96. The Balaban J connectivity index is 1.55. The fourth-order valence-electron chi connectivity index (χ4n) is 2.74. The molecule has 0 radical (unpaired) electrons. The summed E-state index contributed by atoms with van der Waals surface area (Å²) in [5.74, 6) is -2.69. The van der Waals surface area contributed by atoms with Gasteiger partial charge in [-0.2, -0.15) is 0 Å². The van der Waals surface area contributed by atoms with Crippen molar-refractivity contribution in [1.82, 2.24) is 9.55 Å². The van der Waals surface area contributed by atoms with Gasteiger partial charge in [0.15, 0.2) is 6.61 Å². The minimum absolute atomic E-state index is 0.0843. The number of nitrogens with one attached hydrogen (secondary N) is 1. The van der Waals surface area contributed by atoms with Gasteiger partial charge < -0.3 is 10.1 Å². The number of amides is 1. The zero-order chi connectivity index (χ0) is 21.0. The zero-order valence-electron chi connectivity index (χ0n) is 15.4. The Bertz CT molecular complexity index is 1120. The van der Waals surface area contributed by atoms with Crippen LogP contribution in [-0.4, -0.2) is 28.0 Å². The number of nitrogens with zero attached hydrogens (tertiary/aromatic N) is 2. The average Bonchev–Trinajstić information content (AvgIpc) is 2.67. The predicted molar refractivity (Wildman–Crippen MR) is 101 cm³/mol. The summed E-state index contributed by atoms with van der Waals surface area (Å²) in [6.45, 7) is -0.610. The molecule has 0 saturated heterocycles. The molecule has 0 bridgehead atoms. The van der Waals surface area contributed by atoms with Gasteiger partial charge in [0.1, 0.15) is 17.5 Å². The molecule has 1 aromatic heterocycles. The number of esters is 1. The van der Waals surface area contributed by atoms with Crippen molar-refractivity contribution >= 4 is 28.5 Å². The molecule has 0 aliphatic heterocycles. The van der Waals surface area contributed by atoms with Gasteiger partial charge in [-0.15, -0.1) is 0 Å². The van der Waals surface area contributed by atoms with E-state index in [1.54, 1.807) is 31.3 Å². The van der Waals surface area contributed by atoms with Gasteiger partial charge in [-0.05, 0) is 24.3 Å². The fourth-order valence-corrected chi connectivity index (χ4v) is 2.74. The number of carbonyl (C=O) groups excluding carboxylic acids is 2. The molecule has 150 valence electrons. The number of anilines is 1. The monoisotopic (exact) mass is 401 g/mol. The molecule has 0 atom stereocenters. The maximum Gasteiger partial charge on any atom is 0.306 e. The molecule has 1 N–H and O–H groups in total. The first-order valence-corrected chi connectivity index (χ1v) is 8.69. The van der Waals surface area contributed by atoms with Gasteiger partial charge >= 0.3 is 5.97 Å². The van der Waals surface area contributed by atoms with Crippen molar-refractivity contribution in [3.05, 3.63) is 70.3 Å². The summed E-state index contributed by atoms with van der Waals surface area (Å²) in [6, 6.07) is 9.43. The number of hydrogen-bond donors (Lipinski definition) is 1. The summed E-state index contributed by atoms with van der Waals surface area (Å²) in [6.07, 6.45) is 0.0482. The van der Waals surface area contributed by atoms with Crippen molar-refractivity contribution in [3.63, 3.8) is 0 Å². The number of halogens is 2. The van der Waals surface area contributed by atoms with Crippen LogP contribution in [0.15, 0.2) is 47.3 Å². The molecule has 1 amide bonds. The number of aromatic nitrogens is 2. The van der Waals surface area contributed by atoms with Crippen LogP contribution in [0.25, 0.3) is 10.9 Å². The van der Waals surface area contributed by atoms with Crippen LogP contribution in [0.4, 0.5) is 14.5 Å². The maximum atomic E-state index is 13.1. The lowest BCUT2D eigenvalue weighted by Crippen LogP contribution is -2.24. The van der Waals surface area contributed by atoms with E-state index in [0.717, 1.165) is 12.1 Å². The number of para-hydroxylation sites is 1. The molecule has 3 aromatic rings. The highest BCUT2D eigenvalue weighted by molar-refractivity contribution is 5.92. The molecule has 0 saturated carbocycles. The second-order valence-corrected chi connectivity index (χ2v) is 6.28. The van der Waals surface area contributed by atoms with E-state index >= 15 is 0 Å². The summed E-state index contributed by atoms with van der Waals surface area (Å²) < 4.78 is 32.4. The van der Waals surface area contributed by atoms with Crippen LogP contribution in [0.1, 0.15) is 12.2 Å². The number of benzene rings is 2. The highest BCUT2D eigenvalue weighted by Gasteiger charge is 2.13. The lowest BCUT2D eigenvalue weighted by Gasteiger charge is -2.09. The Hall–Kier alpha value is -3.62. The minimum Gasteiger partial charge on any atom is -0.456 e. The van der Waals surface area contributed by atoms with E-state index in [9.17, 15) is 23.2 Å². The van der Waals surface area contributed by atoms with Gasteiger partial charge in [-0.25, -0.2) is 13.8 Å². The average molecular weight is 401 g/mol. The molecule has 0 unspecified atom stereocenters. The normalized spacial score (nSPS) is 10.7. The zero-order valence-corrected chi connectivity index (χ0v) is 15.4. The molecule has 0 aliphatic carbocycles. The molecule has 29 heavy (non-hydrogen) atoms. The number of ether oxygens (including phenoxy) is 1. The summed E-state index contributed by atoms with van der Waals surface area (Å²) in [5.41, 5.74) is 0.222. The van der Waals surface area contributed by atoms with Gasteiger partial charge in [-0.1, -0.05) is 12.1 Å². The first kappa shape index (κ1) is 20.1. The maximum absolute atomic E-state index is 13.1. The lowest BCUT2D eigenvalue weighted by atomic mass is 10.2. The van der Waals surface area contributed by atoms with Crippen LogP contribution < -0.4 is 10.9 Å². The van der Waals surface area contributed by atoms with E-state index in [-0.39, 0.29) is 24.1 Å². The Morgan fingerprint density at radius 1 is 1.14 bits per heavy atom. The van der Waals surface area contributed by atoms with Crippen molar-refractivity contribution in [2.75, 3.05) is 11.9 Å². The quantitative estimate of drug-likeness (QED) is 0.641. The topological polar surface area (TPSA) is 90.3 Å². The first-order valence-electron chi connectivity index (χ1n) is 8.69. The van der Waals surface area contributed by atoms with Crippen molar-refractivity contribution < 1.29 is 23.1 Å². The minimum atomic E-state index is -0.842. The molecular weight excluding hydrogens is 384 g/mol. The first-order chi connectivity index (χ1) is 13.8. The standard InChI is InChI=1S/C20H17F2N3O4/c1-25-17(24-16-5-3-2-4-15(16)20(25)28)6-7-19(27)29-11-18(26)23-14-9-12(21)8-13(22)10-14/h2-5,8-10H,6-7,11H2,1H3,(H,23,26). The van der Waals surface area contributed by atoms with E-state index in [1.807, 2.05) is 0 Å².